The molecule has 2 rings (SSSR count). The van der Waals surface area contributed by atoms with Crippen molar-refractivity contribution in [1.82, 2.24) is 0 Å². The quantitative estimate of drug-likeness (QED) is 0.852. The predicted octanol–water partition coefficient (Wildman–Crippen LogP) is 4.36. The third-order valence-corrected chi connectivity index (χ3v) is 4.99. The lowest BCUT2D eigenvalue weighted by atomic mass is 9.73. The van der Waals surface area contributed by atoms with Crippen LogP contribution in [-0.4, -0.2) is 11.2 Å². The van der Waals surface area contributed by atoms with Gasteiger partial charge in [0.15, 0.2) is 0 Å². The van der Waals surface area contributed by atoms with Crippen LogP contribution in [-0.2, 0) is 6.42 Å². The fourth-order valence-electron chi connectivity index (χ4n) is 3.36. The van der Waals surface area contributed by atoms with Gasteiger partial charge in [-0.25, -0.2) is 0 Å². The summed E-state index contributed by atoms with van der Waals surface area (Å²) in [5.74, 6) is 2.13. The molecule has 19 heavy (non-hydrogen) atoms. The number of aliphatic hydroxyl groups is 1. The fraction of sp³-hybridized carbons (Fsp3) is 0.667. The lowest BCUT2D eigenvalue weighted by molar-refractivity contribution is 0.0510. The second-order valence-electron chi connectivity index (χ2n) is 6.62. The zero-order valence-electron chi connectivity index (χ0n) is 12.6. The lowest BCUT2D eigenvalue weighted by Gasteiger charge is -2.34. The van der Waals surface area contributed by atoms with Gasteiger partial charge in [0, 0.05) is 0 Å². The van der Waals surface area contributed by atoms with Gasteiger partial charge in [0.05, 0.1) is 6.10 Å². The van der Waals surface area contributed by atoms with Gasteiger partial charge in [-0.05, 0) is 55.9 Å². The molecule has 0 radical (unpaired) electrons. The molecule has 1 nitrogen and oxygen atoms in total. The average molecular weight is 260 g/mol. The topological polar surface area (TPSA) is 20.2 Å². The molecule has 0 spiro atoms. The molecule has 0 aliphatic heterocycles. The number of hydrogen-bond donors (Lipinski definition) is 1. The largest absolute Gasteiger partial charge is 0.393 e. The van der Waals surface area contributed by atoms with Crippen molar-refractivity contribution in [2.45, 2.75) is 59.0 Å². The highest BCUT2D eigenvalue weighted by atomic mass is 16.3. The van der Waals surface area contributed by atoms with E-state index in [0.717, 1.165) is 24.7 Å². The first kappa shape index (κ1) is 14.6. The summed E-state index contributed by atoms with van der Waals surface area (Å²) in [6, 6.07) is 8.65. The standard InChI is InChI=1S/C18H28O/c1-13-5-4-6-16(11-13)8-10-18(19)17-9-7-14(2)15(3)12-17/h4-6,11,14-15,17-19H,7-10,12H2,1-3H3. The number of aliphatic hydroxyl groups excluding tert-OH is 1. The van der Waals surface area contributed by atoms with Crippen molar-refractivity contribution in [1.29, 1.82) is 0 Å². The summed E-state index contributed by atoms with van der Waals surface area (Å²) in [5.41, 5.74) is 2.67. The maximum absolute atomic E-state index is 10.4. The van der Waals surface area contributed by atoms with Crippen LogP contribution in [0.5, 0.6) is 0 Å². The van der Waals surface area contributed by atoms with E-state index in [2.05, 4.69) is 45.0 Å². The molecule has 4 unspecified atom stereocenters. The third-order valence-electron chi connectivity index (χ3n) is 4.99. The molecule has 0 aromatic heterocycles. The molecular weight excluding hydrogens is 232 g/mol. The van der Waals surface area contributed by atoms with Crippen LogP contribution in [0.1, 0.15) is 50.7 Å². The Kier molecular flexibility index (Phi) is 5.04. The highest BCUT2D eigenvalue weighted by Gasteiger charge is 2.28. The van der Waals surface area contributed by atoms with E-state index in [4.69, 9.17) is 0 Å². The number of hydrogen-bond acceptors (Lipinski definition) is 1. The fourth-order valence-corrected chi connectivity index (χ4v) is 3.36. The van der Waals surface area contributed by atoms with E-state index in [1.54, 1.807) is 0 Å². The van der Waals surface area contributed by atoms with Crippen LogP contribution in [0.25, 0.3) is 0 Å². The predicted molar refractivity (Wildman–Crippen MR) is 81.2 cm³/mol. The minimum Gasteiger partial charge on any atom is -0.393 e. The van der Waals surface area contributed by atoms with E-state index >= 15 is 0 Å². The van der Waals surface area contributed by atoms with Gasteiger partial charge in [0.2, 0.25) is 0 Å². The Morgan fingerprint density at radius 1 is 1.21 bits per heavy atom. The van der Waals surface area contributed by atoms with Gasteiger partial charge in [-0.15, -0.1) is 0 Å². The monoisotopic (exact) mass is 260 g/mol. The molecule has 1 N–H and O–H groups in total. The smallest absolute Gasteiger partial charge is 0.0571 e. The van der Waals surface area contributed by atoms with Gasteiger partial charge in [-0.2, -0.15) is 0 Å². The van der Waals surface area contributed by atoms with Crippen molar-refractivity contribution in [3.63, 3.8) is 0 Å². The van der Waals surface area contributed by atoms with E-state index < -0.39 is 0 Å². The number of benzene rings is 1. The first-order valence-corrected chi connectivity index (χ1v) is 7.80. The van der Waals surface area contributed by atoms with E-state index in [9.17, 15) is 5.11 Å². The maximum Gasteiger partial charge on any atom is 0.0571 e. The molecule has 0 amide bonds. The van der Waals surface area contributed by atoms with Gasteiger partial charge >= 0.3 is 0 Å². The molecule has 0 heterocycles. The zero-order valence-corrected chi connectivity index (χ0v) is 12.6. The van der Waals surface area contributed by atoms with E-state index in [-0.39, 0.29) is 6.10 Å². The molecule has 1 heteroatoms. The number of rotatable bonds is 4. The van der Waals surface area contributed by atoms with Crippen LogP contribution in [0, 0.1) is 24.7 Å². The Bertz CT molecular complexity index is 398. The van der Waals surface area contributed by atoms with Gasteiger partial charge in [-0.1, -0.05) is 50.1 Å². The highest BCUT2D eigenvalue weighted by Crippen LogP contribution is 2.35. The van der Waals surface area contributed by atoms with E-state index in [1.807, 2.05) is 0 Å². The molecule has 0 saturated heterocycles. The summed E-state index contributed by atoms with van der Waals surface area (Å²) in [7, 11) is 0. The molecule has 106 valence electrons. The Morgan fingerprint density at radius 3 is 2.68 bits per heavy atom. The van der Waals surface area contributed by atoms with Crippen LogP contribution in [0.3, 0.4) is 0 Å². The Hall–Kier alpha value is -0.820. The maximum atomic E-state index is 10.4. The van der Waals surface area contributed by atoms with Crippen molar-refractivity contribution in [3.05, 3.63) is 35.4 Å². The van der Waals surface area contributed by atoms with Crippen LogP contribution in [0.4, 0.5) is 0 Å². The van der Waals surface area contributed by atoms with Gasteiger partial charge < -0.3 is 5.11 Å². The van der Waals surface area contributed by atoms with Crippen molar-refractivity contribution in [3.8, 4) is 0 Å². The van der Waals surface area contributed by atoms with Gasteiger partial charge in [-0.3, -0.25) is 0 Å². The van der Waals surface area contributed by atoms with E-state index in [1.165, 1.54) is 30.4 Å². The molecule has 4 atom stereocenters. The molecule has 1 aromatic carbocycles. The van der Waals surface area contributed by atoms with Crippen LogP contribution in [0.15, 0.2) is 24.3 Å². The normalized spacial score (nSPS) is 29.2. The summed E-state index contributed by atoms with van der Waals surface area (Å²) in [6.45, 7) is 6.81. The molecule has 1 aromatic rings. The van der Waals surface area contributed by atoms with Crippen molar-refractivity contribution < 1.29 is 5.11 Å². The Balaban J connectivity index is 1.83. The summed E-state index contributed by atoms with van der Waals surface area (Å²) in [6.07, 6.45) is 5.50. The minimum absolute atomic E-state index is 0.115. The van der Waals surface area contributed by atoms with Crippen molar-refractivity contribution in [2.75, 3.05) is 0 Å². The summed E-state index contributed by atoms with van der Waals surface area (Å²) in [4.78, 5) is 0. The second-order valence-corrected chi connectivity index (χ2v) is 6.62. The molecule has 1 aliphatic rings. The van der Waals surface area contributed by atoms with Crippen LogP contribution in [0.2, 0.25) is 0 Å². The van der Waals surface area contributed by atoms with Crippen LogP contribution < -0.4 is 0 Å². The van der Waals surface area contributed by atoms with Gasteiger partial charge in [0.1, 0.15) is 0 Å². The molecule has 1 fully saturated rings. The molecule has 0 bridgehead atoms. The van der Waals surface area contributed by atoms with Crippen LogP contribution >= 0.6 is 0 Å². The molecule has 1 saturated carbocycles. The summed E-state index contributed by atoms with van der Waals surface area (Å²) >= 11 is 0. The zero-order chi connectivity index (χ0) is 13.8. The highest BCUT2D eigenvalue weighted by molar-refractivity contribution is 5.22. The Morgan fingerprint density at radius 2 is 2.00 bits per heavy atom. The lowest BCUT2D eigenvalue weighted by Crippen LogP contribution is -2.29. The number of aryl methyl sites for hydroxylation is 2. The molecular formula is C18H28O. The summed E-state index contributed by atoms with van der Waals surface area (Å²) in [5, 5.41) is 10.4. The minimum atomic E-state index is -0.115. The third kappa shape index (κ3) is 4.07. The summed E-state index contributed by atoms with van der Waals surface area (Å²) < 4.78 is 0. The van der Waals surface area contributed by atoms with Crippen molar-refractivity contribution in [2.24, 2.45) is 17.8 Å². The van der Waals surface area contributed by atoms with Crippen molar-refractivity contribution >= 4 is 0 Å². The molecule has 1 aliphatic carbocycles. The SMILES string of the molecule is Cc1cccc(CCC(O)C2CCC(C)C(C)C2)c1. The van der Waals surface area contributed by atoms with E-state index in [0.29, 0.717) is 5.92 Å². The second kappa shape index (κ2) is 6.56. The first-order valence-electron chi connectivity index (χ1n) is 7.80. The Labute approximate surface area is 118 Å². The first-order chi connectivity index (χ1) is 9.06. The average Bonchev–Trinajstić information content (AvgIpc) is 2.39. The van der Waals surface area contributed by atoms with Gasteiger partial charge in [0.25, 0.3) is 0 Å².